The molecule has 0 spiro atoms. The lowest BCUT2D eigenvalue weighted by molar-refractivity contribution is 0.103. The number of rotatable bonds is 2. The van der Waals surface area contributed by atoms with E-state index in [1.54, 1.807) is 12.1 Å². The van der Waals surface area contributed by atoms with E-state index in [4.69, 9.17) is 9.47 Å². The van der Waals surface area contributed by atoms with Gasteiger partial charge in [-0.25, -0.2) is 0 Å². The van der Waals surface area contributed by atoms with Crippen LogP contribution in [0.15, 0.2) is 34.8 Å². The monoisotopic (exact) mass is 346 g/mol. The average Bonchev–Trinajstić information content (AvgIpc) is 2.44. The number of halogens is 1. The second-order valence-electron chi connectivity index (χ2n) is 5.18. The van der Waals surface area contributed by atoms with Crippen molar-refractivity contribution in [3.63, 3.8) is 0 Å². The summed E-state index contributed by atoms with van der Waals surface area (Å²) in [4.78, 5) is 12.7. The number of carbonyl (C=O) groups is 1. The van der Waals surface area contributed by atoms with Crippen LogP contribution in [-0.2, 0) is 0 Å². The molecular weight excluding hydrogens is 332 g/mol. The molecule has 1 aliphatic rings. The van der Waals surface area contributed by atoms with E-state index in [0.717, 1.165) is 15.6 Å². The Hall–Kier alpha value is -1.81. The average molecular weight is 347 g/mol. The summed E-state index contributed by atoms with van der Waals surface area (Å²) in [5, 5.41) is 0. The summed E-state index contributed by atoms with van der Waals surface area (Å²) in [7, 11) is 0. The molecule has 2 aromatic rings. The fraction of sp³-hybridized carbons (Fsp3) is 0.235. The van der Waals surface area contributed by atoms with Crippen LogP contribution in [0, 0.1) is 13.8 Å². The zero-order valence-electron chi connectivity index (χ0n) is 11.9. The first-order valence-electron chi connectivity index (χ1n) is 6.77. The van der Waals surface area contributed by atoms with Gasteiger partial charge < -0.3 is 9.47 Å². The second kappa shape index (κ2) is 5.53. The van der Waals surface area contributed by atoms with Gasteiger partial charge in [-0.15, -0.1) is 0 Å². The lowest BCUT2D eigenvalue weighted by Crippen LogP contribution is -2.16. The third kappa shape index (κ3) is 2.81. The molecule has 3 nitrogen and oxygen atoms in total. The zero-order valence-corrected chi connectivity index (χ0v) is 13.5. The Labute approximate surface area is 132 Å². The van der Waals surface area contributed by atoms with Gasteiger partial charge in [-0.3, -0.25) is 4.79 Å². The second-order valence-corrected chi connectivity index (χ2v) is 6.04. The summed E-state index contributed by atoms with van der Waals surface area (Å²) >= 11 is 3.45. The van der Waals surface area contributed by atoms with Gasteiger partial charge in [0, 0.05) is 15.6 Å². The Morgan fingerprint density at radius 2 is 1.52 bits per heavy atom. The molecule has 0 bridgehead atoms. The molecule has 0 aliphatic carbocycles. The van der Waals surface area contributed by atoms with Gasteiger partial charge >= 0.3 is 0 Å². The van der Waals surface area contributed by atoms with E-state index in [9.17, 15) is 4.79 Å². The van der Waals surface area contributed by atoms with E-state index in [2.05, 4.69) is 22.0 Å². The lowest BCUT2D eigenvalue weighted by Gasteiger charge is -2.19. The van der Waals surface area contributed by atoms with Crippen molar-refractivity contribution in [2.75, 3.05) is 13.2 Å². The van der Waals surface area contributed by atoms with Crippen molar-refractivity contribution in [2.24, 2.45) is 0 Å². The minimum absolute atomic E-state index is 0.0225. The van der Waals surface area contributed by atoms with Gasteiger partial charge in [0.2, 0.25) is 0 Å². The van der Waals surface area contributed by atoms with Gasteiger partial charge in [0.25, 0.3) is 0 Å². The maximum atomic E-state index is 12.7. The maximum absolute atomic E-state index is 12.7. The highest BCUT2D eigenvalue weighted by molar-refractivity contribution is 9.10. The number of ether oxygens (including phenoxy) is 2. The van der Waals surface area contributed by atoms with Crippen molar-refractivity contribution in [1.29, 1.82) is 0 Å². The molecule has 0 fully saturated rings. The zero-order chi connectivity index (χ0) is 15.0. The van der Waals surface area contributed by atoms with Gasteiger partial charge in [0.1, 0.15) is 13.2 Å². The molecule has 0 atom stereocenters. The predicted octanol–water partition coefficient (Wildman–Crippen LogP) is 4.07. The molecule has 3 rings (SSSR count). The van der Waals surface area contributed by atoms with Crippen LogP contribution in [-0.4, -0.2) is 19.0 Å². The summed E-state index contributed by atoms with van der Waals surface area (Å²) in [5.74, 6) is 1.27. The van der Waals surface area contributed by atoms with Crippen LogP contribution < -0.4 is 9.47 Å². The Bertz CT molecular complexity index is 702. The number of benzene rings is 2. The number of aryl methyl sites for hydroxylation is 2. The molecule has 0 saturated heterocycles. The highest BCUT2D eigenvalue weighted by atomic mass is 79.9. The molecule has 108 valence electrons. The van der Waals surface area contributed by atoms with Crippen LogP contribution in [0.4, 0.5) is 0 Å². The van der Waals surface area contributed by atoms with Crippen molar-refractivity contribution in [3.05, 3.63) is 57.1 Å². The van der Waals surface area contributed by atoms with Crippen molar-refractivity contribution < 1.29 is 14.3 Å². The molecule has 0 saturated carbocycles. The Morgan fingerprint density at radius 3 is 2.14 bits per heavy atom. The molecule has 1 heterocycles. The van der Waals surface area contributed by atoms with Gasteiger partial charge in [0.15, 0.2) is 17.3 Å². The first-order chi connectivity index (χ1) is 10.0. The van der Waals surface area contributed by atoms with E-state index in [1.807, 2.05) is 26.0 Å². The standard InChI is InChI=1S/C17H15BrO3/c1-10-5-11(2)7-12(6-10)17(19)13-8-15-16(9-14(13)18)21-4-3-20-15/h5-9H,3-4H2,1-2H3. The van der Waals surface area contributed by atoms with E-state index in [0.29, 0.717) is 35.8 Å². The quantitative estimate of drug-likeness (QED) is 0.769. The van der Waals surface area contributed by atoms with Crippen LogP contribution >= 0.6 is 15.9 Å². The molecular formula is C17H15BrO3. The van der Waals surface area contributed by atoms with Crippen LogP contribution in [0.3, 0.4) is 0 Å². The fourth-order valence-electron chi connectivity index (χ4n) is 2.50. The molecule has 0 aromatic heterocycles. The first-order valence-corrected chi connectivity index (χ1v) is 7.56. The molecule has 4 heteroatoms. The van der Waals surface area contributed by atoms with Crippen LogP contribution in [0.1, 0.15) is 27.0 Å². The summed E-state index contributed by atoms with van der Waals surface area (Å²) in [6, 6.07) is 9.40. The number of hydrogen-bond acceptors (Lipinski definition) is 3. The maximum Gasteiger partial charge on any atom is 0.194 e. The van der Waals surface area contributed by atoms with Gasteiger partial charge in [-0.2, -0.15) is 0 Å². The van der Waals surface area contributed by atoms with Gasteiger partial charge in [-0.1, -0.05) is 17.2 Å². The van der Waals surface area contributed by atoms with Crippen molar-refractivity contribution in [2.45, 2.75) is 13.8 Å². The smallest absolute Gasteiger partial charge is 0.194 e. The predicted molar refractivity (Wildman–Crippen MR) is 84.5 cm³/mol. The fourth-order valence-corrected chi connectivity index (χ4v) is 3.00. The molecule has 0 N–H and O–H groups in total. The first kappa shape index (κ1) is 14.1. The lowest BCUT2D eigenvalue weighted by atomic mass is 9.99. The molecule has 2 aromatic carbocycles. The summed E-state index contributed by atoms with van der Waals surface area (Å²) < 4.78 is 11.8. The Kier molecular flexibility index (Phi) is 3.72. The third-order valence-corrected chi connectivity index (χ3v) is 4.02. The van der Waals surface area contributed by atoms with E-state index in [1.165, 1.54) is 0 Å². The minimum Gasteiger partial charge on any atom is -0.486 e. The van der Waals surface area contributed by atoms with Crippen molar-refractivity contribution in [3.8, 4) is 11.5 Å². The summed E-state index contributed by atoms with van der Waals surface area (Å²) in [6.07, 6.45) is 0. The minimum atomic E-state index is -0.0225. The van der Waals surface area contributed by atoms with Crippen molar-refractivity contribution >= 4 is 21.7 Å². The van der Waals surface area contributed by atoms with E-state index in [-0.39, 0.29) is 5.78 Å². The normalized spacial score (nSPS) is 13.1. The van der Waals surface area contributed by atoms with Crippen LogP contribution in [0.25, 0.3) is 0 Å². The third-order valence-electron chi connectivity index (χ3n) is 3.36. The van der Waals surface area contributed by atoms with Crippen molar-refractivity contribution in [1.82, 2.24) is 0 Å². The topological polar surface area (TPSA) is 35.5 Å². The summed E-state index contributed by atoms with van der Waals surface area (Å²) in [6.45, 7) is 5.01. The van der Waals surface area contributed by atoms with Crippen LogP contribution in [0.5, 0.6) is 11.5 Å². The SMILES string of the molecule is Cc1cc(C)cc(C(=O)c2cc3c(cc2Br)OCCO3)c1. The Balaban J connectivity index is 2.05. The molecule has 21 heavy (non-hydrogen) atoms. The van der Waals surface area contributed by atoms with Crippen LogP contribution in [0.2, 0.25) is 0 Å². The highest BCUT2D eigenvalue weighted by Gasteiger charge is 2.20. The molecule has 1 aliphatic heterocycles. The Morgan fingerprint density at radius 1 is 0.952 bits per heavy atom. The molecule has 0 radical (unpaired) electrons. The largest absolute Gasteiger partial charge is 0.486 e. The van der Waals surface area contributed by atoms with E-state index >= 15 is 0 Å². The number of ketones is 1. The summed E-state index contributed by atoms with van der Waals surface area (Å²) in [5.41, 5.74) is 3.42. The van der Waals surface area contributed by atoms with Gasteiger partial charge in [0.05, 0.1) is 0 Å². The number of fused-ring (bicyclic) bond motifs is 1. The number of hydrogen-bond donors (Lipinski definition) is 0. The van der Waals surface area contributed by atoms with Gasteiger partial charge in [-0.05, 0) is 54.0 Å². The highest BCUT2D eigenvalue weighted by Crippen LogP contribution is 2.36. The number of carbonyl (C=O) groups excluding carboxylic acids is 1. The molecule has 0 unspecified atom stereocenters. The molecule has 0 amide bonds. The van der Waals surface area contributed by atoms with E-state index < -0.39 is 0 Å².